The lowest BCUT2D eigenvalue weighted by Crippen LogP contribution is -2.42. The van der Waals surface area contributed by atoms with Gasteiger partial charge >= 0.3 is 0 Å². The summed E-state index contributed by atoms with van der Waals surface area (Å²) in [6.07, 6.45) is 5.26. The Hall–Kier alpha value is -2.86. The lowest BCUT2D eigenvalue weighted by molar-refractivity contribution is 0.0936. The molecular weight excluding hydrogens is 388 g/mol. The molecule has 164 valence electrons. The number of hydrogen-bond donors (Lipinski definition) is 1. The highest BCUT2D eigenvalue weighted by atomic mass is 16.5. The van der Waals surface area contributed by atoms with Gasteiger partial charge in [-0.25, -0.2) is 4.98 Å². The van der Waals surface area contributed by atoms with Crippen molar-refractivity contribution in [3.05, 3.63) is 65.6 Å². The molecule has 1 saturated heterocycles. The number of nitrogens with zero attached hydrogens (tertiary/aromatic N) is 3. The zero-order valence-corrected chi connectivity index (χ0v) is 18.7. The maximum Gasteiger partial charge on any atom is 0.251 e. The van der Waals surface area contributed by atoms with E-state index in [1.807, 2.05) is 60.1 Å². The number of aryl methyl sites for hydroxylation is 1. The number of imidazole rings is 1. The van der Waals surface area contributed by atoms with Crippen molar-refractivity contribution in [2.24, 2.45) is 11.8 Å². The van der Waals surface area contributed by atoms with Gasteiger partial charge in [0.05, 0.1) is 5.69 Å². The summed E-state index contributed by atoms with van der Waals surface area (Å²) in [6, 6.07) is 11.3. The van der Waals surface area contributed by atoms with Crippen molar-refractivity contribution in [2.75, 3.05) is 26.2 Å². The third-order valence-corrected chi connectivity index (χ3v) is 5.89. The van der Waals surface area contributed by atoms with E-state index < -0.39 is 0 Å². The molecule has 1 aromatic carbocycles. The quantitative estimate of drug-likeness (QED) is 0.629. The van der Waals surface area contributed by atoms with E-state index >= 15 is 0 Å². The molecule has 1 amide bonds. The molecule has 0 spiro atoms. The van der Waals surface area contributed by atoms with Crippen LogP contribution in [0.2, 0.25) is 0 Å². The minimum Gasteiger partial charge on any atom is -0.487 e. The van der Waals surface area contributed by atoms with Crippen LogP contribution in [0.1, 0.15) is 41.9 Å². The van der Waals surface area contributed by atoms with Crippen molar-refractivity contribution in [3.63, 3.8) is 0 Å². The van der Waals surface area contributed by atoms with Crippen molar-refractivity contribution >= 4 is 11.6 Å². The average molecular weight is 421 g/mol. The number of aromatic nitrogens is 2. The fourth-order valence-corrected chi connectivity index (χ4v) is 4.54. The number of rotatable bonds is 7. The van der Waals surface area contributed by atoms with E-state index in [9.17, 15) is 4.79 Å². The van der Waals surface area contributed by atoms with Crippen LogP contribution in [0.15, 0.2) is 48.8 Å². The number of hydrogen-bond acceptors (Lipinski definition) is 4. The molecule has 31 heavy (non-hydrogen) atoms. The second-order valence-corrected chi connectivity index (χ2v) is 8.93. The summed E-state index contributed by atoms with van der Waals surface area (Å²) in [7, 11) is 0. The number of likely N-dealkylation sites (tertiary alicyclic amines) is 1. The van der Waals surface area contributed by atoms with Crippen LogP contribution in [0.4, 0.5) is 0 Å². The van der Waals surface area contributed by atoms with Crippen LogP contribution >= 0.6 is 0 Å². The van der Waals surface area contributed by atoms with Gasteiger partial charge in [-0.1, -0.05) is 19.9 Å². The highest BCUT2D eigenvalue weighted by molar-refractivity contribution is 5.94. The van der Waals surface area contributed by atoms with Gasteiger partial charge in [-0.3, -0.25) is 4.79 Å². The SMILES string of the molecule is Cc1cccn2cc(COc3ccc(C(=O)NCCN4CC(C)CC(C)C4)cc3)nc12. The third-order valence-electron chi connectivity index (χ3n) is 5.89. The molecule has 1 fully saturated rings. The average Bonchev–Trinajstić information content (AvgIpc) is 3.16. The molecular formula is C25H32N4O2. The van der Waals surface area contributed by atoms with Crippen LogP contribution in [0.3, 0.4) is 0 Å². The molecule has 1 aliphatic rings. The first-order chi connectivity index (χ1) is 15.0. The van der Waals surface area contributed by atoms with Gasteiger partial charge in [0, 0.05) is 44.1 Å². The van der Waals surface area contributed by atoms with Gasteiger partial charge in [-0.05, 0) is 61.1 Å². The van der Waals surface area contributed by atoms with Gasteiger partial charge in [-0.15, -0.1) is 0 Å². The molecule has 1 aliphatic heterocycles. The largest absolute Gasteiger partial charge is 0.487 e. The maximum atomic E-state index is 12.5. The summed E-state index contributed by atoms with van der Waals surface area (Å²) in [5, 5.41) is 3.04. The van der Waals surface area contributed by atoms with Gasteiger partial charge in [0.1, 0.15) is 18.0 Å². The summed E-state index contributed by atoms with van der Waals surface area (Å²) in [5.74, 6) is 2.15. The van der Waals surface area contributed by atoms with Crippen molar-refractivity contribution < 1.29 is 9.53 Å². The number of pyridine rings is 1. The predicted octanol–water partition coefficient (Wildman–Crippen LogP) is 3.93. The Labute approximate surface area is 184 Å². The molecule has 3 heterocycles. The standard InChI is InChI=1S/C25H32N4O2/c1-18-13-19(2)15-28(14-18)12-10-26-25(30)21-6-8-23(9-7-21)31-17-22-16-29-11-4-5-20(3)24(29)27-22/h4-9,11,16,18-19H,10,12-15,17H2,1-3H3,(H,26,30). The number of fused-ring (bicyclic) bond motifs is 1. The molecule has 6 nitrogen and oxygen atoms in total. The first-order valence-electron chi connectivity index (χ1n) is 11.1. The van der Waals surface area contributed by atoms with Gasteiger partial charge < -0.3 is 19.4 Å². The predicted molar refractivity (Wildman–Crippen MR) is 122 cm³/mol. The van der Waals surface area contributed by atoms with Crippen molar-refractivity contribution in [1.82, 2.24) is 19.6 Å². The van der Waals surface area contributed by atoms with Crippen molar-refractivity contribution in [3.8, 4) is 5.75 Å². The van der Waals surface area contributed by atoms with Crippen LogP contribution in [0.25, 0.3) is 5.65 Å². The highest BCUT2D eigenvalue weighted by Crippen LogP contribution is 2.20. The number of ether oxygens (including phenoxy) is 1. The molecule has 2 aromatic heterocycles. The molecule has 2 unspecified atom stereocenters. The fourth-order valence-electron chi connectivity index (χ4n) is 4.54. The van der Waals surface area contributed by atoms with Crippen molar-refractivity contribution in [1.29, 1.82) is 0 Å². The second kappa shape index (κ2) is 9.52. The Balaban J connectivity index is 1.25. The smallest absolute Gasteiger partial charge is 0.251 e. The molecule has 0 radical (unpaired) electrons. The van der Waals surface area contributed by atoms with E-state index in [1.165, 1.54) is 6.42 Å². The monoisotopic (exact) mass is 420 g/mol. The van der Waals surface area contributed by atoms with Crippen LogP contribution < -0.4 is 10.1 Å². The molecule has 0 aliphatic carbocycles. The molecule has 3 aromatic rings. The zero-order valence-electron chi connectivity index (χ0n) is 18.7. The van der Waals surface area contributed by atoms with Gasteiger partial charge in [0.2, 0.25) is 0 Å². The summed E-state index contributed by atoms with van der Waals surface area (Å²) < 4.78 is 7.87. The minimum absolute atomic E-state index is 0.0412. The molecule has 1 N–H and O–H groups in total. The topological polar surface area (TPSA) is 58.9 Å². The fraction of sp³-hybridized carbons (Fsp3) is 0.440. The maximum absolute atomic E-state index is 12.5. The Morgan fingerprint density at radius 1 is 1.16 bits per heavy atom. The van der Waals surface area contributed by atoms with Gasteiger partial charge in [0.15, 0.2) is 0 Å². The Morgan fingerprint density at radius 2 is 1.90 bits per heavy atom. The molecule has 0 bridgehead atoms. The van der Waals surface area contributed by atoms with Crippen LogP contribution in [0.5, 0.6) is 5.75 Å². The normalized spacial score (nSPS) is 19.5. The summed E-state index contributed by atoms with van der Waals surface area (Å²) in [6.45, 7) is 10.9. The summed E-state index contributed by atoms with van der Waals surface area (Å²) in [5.41, 5.74) is 3.60. The summed E-state index contributed by atoms with van der Waals surface area (Å²) in [4.78, 5) is 19.5. The number of carbonyl (C=O) groups is 1. The molecule has 6 heteroatoms. The van der Waals surface area contributed by atoms with Crippen LogP contribution in [-0.4, -0.2) is 46.4 Å². The van der Waals surface area contributed by atoms with E-state index in [2.05, 4.69) is 29.0 Å². The number of amides is 1. The van der Waals surface area contributed by atoms with Gasteiger partial charge in [-0.2, -0.15) is 0 Å². The number of benzene rings is 1. The van der Waals surface area contributed by atoms with Crippen LogP contribution in [-0.2, 0) is 6.61 Å². The lowest BCUT2D eigenvalue weighted by Gasteiger charge is -2.34. The number of nitrogens with one attached hydrogen (secondary N) is 1. The lowest BCUT2D eigenvalue weighted by atomic mass is 9.92. The Kier molecular flexibility index (Phi) is 6.56. The number of carbonyl (C=O) groups excluding carboxylic acids is 1. The van der Waals surface area contributed by atoms with Crippen LogP contribution in [0, 0.1) is 18.8 Å². The first kappa shape index (κ1) is 21.4. The highest BCUT2D eigenvalue weighted by Gasteiger charge is 2.21. The second-order valence-electron chi connectivity index (χ2n) is 8.93. The molecule has 2 atom stereocenters. The van der Waals surface area contributed by atoms with E-state index in [-0.39, 0.29) is 5.91 Å². The molecule has 4 rings (SSSR count). The summed E-state index contributed by atoms with van der Waals surface area (Å²) >= 11 is 0. The van der Waals surface area contributed by atoms with E-state index in [4.69, 9.17) is 4.74 Å². The van der Waals surface area contributed by atoms with Gasteiger partial charge in [0.25, 0.3) is 5.91 Å². The van der Waals surface area contributed by atoms with E-state index in [0.717, 1.165) is 54.1 Å². The Morgan fingerprint density at radius 3 is 2.61 bits per heavy atom. The van der Waals surface area contributed by atoms with E-state index in [1.54, 1.807) is 0 Å². The molecule has 0 saturated carbocycles. The first-order valence-corrected chi connectivity index (χ1v) is 11.1. The number of piperidine rings is 1. The zero-order chi connectivity index (χ0) is 21.8. The van der Waals surface area contributed by atoms with Crippen molar-refractivity contribution in [2.45, 2.75) is 33.8 Å². The third kappa shape index (κ3) is 5.44. The Bertz CT molecular complexity index is 1020. The minimum atomic E-state index is -0.0412. The van der Waals surface area contributed by atoms with E-state index in [0.29, 0.717) is 18.7 Å².